The molecule has 3 rings (SSSR count). The van der Waals surface area contributed by atoms with Crippen LogP contribution in [0, 0.1) is 5.92 Å². The molecule has 0 amide bonds. The van der Waals surface area contributed by atoms with E-state index in [9.17, 15) is 0 Å². The lowest BCUT2D eigenvalue weighted by atomic mass is 10.0. The molecule has 0 aromatic heterocycles. The second-order valence-corrected chi connectivity index (χ2v) is 6.35. The number of likely N-dealkylation sites (tertiary alicyclic amines) is 1. The molecule has 104 valence electrons. The molecule has 0 N–H and O–H groups in total. The second-order valence-electron chi connectivity index (χ2n) is 5.61. The first kappa shape index (κ1) is 13.5. The molecule has 1 aromatic carbocycles. The Balaban J connectivity index is 1.84. The van der Waals surface area contributed by atoms with E-state index in [1.807, 2.05) is 12.1 Å². The Morgan fingerprint density at radius 1 is 1.42 bits per heavy atom. The van der Waals surface area contributed by atoms with Crippen molar-refractivity contribution in [1.82, 2.24) is 4.90 Å². The quantitative estimate of drug-likeness (QED) is 0.789. The number of hydrogen-bond acceptors (Lipinski definition) is 2. The van der Waals surface area contributed by atoms with Crippen molar-refractivity contribution in [2.75, 3.05) is 19.0 Å². The van der Waals surface area contributed by atoms with Crippen molar-refractivity contribution in [3.8, 4) is 5.75 Å². The lowest BCUT2D eigenvalue weighted by Crippen LogP contribution is -2.33. The molecule has 1 fully saturated rings. The summed E-state index contributed by atoms with van der Waals surface area (Å²) in [4.78, 5) is 2.46. The van der Waals surface area contributed by atoms with Crippen molar-refractivity contribution in [2.24, 2.45) is 5.92 Å². The molecule has 1 aromatic rings. The lowest BCUT2D eigenvalue weighted by Gasteiger charge is -2.25. The highest BCUT2D eigenvalue weighted by Crippen LogP contribution is 2.35. The fourth-order valence-corrected chi connectivity index (χ4v) is 3.98. The molecule has 1 saturated heterocycles. The number of hydrogen-bond donors (Lipinski definition) is 0. The minimum atomic E-state index is 0.470. The van der Waals surface area contributed by atoms with Gasteiger partial charge in [0.05, 0.1) is 6.61 Å². The van der Waals surface area contributed by atoms with Crippen LogP contribution in [-0.4, -0.2) is 30.0 Å². The molecule has 19 heavy (non-hydrogen) atoms. The van der Waals surface area contributed by atoms with E-state index in [-0.39, 0.29) is 0 Å². The molecule has 2 nitrogen and oxygen atoms in total. The van der Waals surface area contributed by atoms with Crippen molar-refractivity contribution in [1.29, 1.82) is 0 Å². The molecular formula is C15H19Cl2NO. The average molecular weight is 300 g/mol. The Labute approximate surface area is 124 Å². The highest BCUT2D eigenvalue weighted by molar-refractivity contribution is 6.30. The second kappa shape index (κ2) is 5.51. The number of nitrogens with zero attached hydrogens (tertiary/aromatic N) is 1. The standard InChI is InChI=1S/C15H19Cl2NO/c1-10-2-4-18(14(10)8-16)9-12-7-13(17)6-11-3-5-19-15(11)12/h6-7,10,14H,2-5,8-9H2,1H3. The molecular weight excluding hydrogens is 281 g/mol. The molecule has 0 bridgehead atoms. The Morgan fingerprint density at radius 2 is 2.26 bits per heavy atom. The number of rotatable bonds is 3. The first-order valence-corrected chi connectivity index (χ1v) is 7.84. The van der Waals surface area contributed by atoms with Crippen LogP contribution in [0.3, 0.4) is 0 Å². The summed E-state index contributed by atoms with van der Waals surface area (Å²) in [5.41, 5.74) is 2.46. The zero-order valence-electron chi connectivity index (χ0n) is 11.2. The summed E-state index contributed by atoms with van der Waals surface area (Å²) in [6.45, 7) is 5.06. The van der Waals surface area contributed by atoms with Gasteiger partial charge in [-0.3, -0.25) is 4.90 Å². The lowest BCUT2D eigenvalue weighted by molar-refractivity contribution is 0.237. The van der Waals surface area contributed by atoms with Crippen LogP contribution in [0.5, 0.6) is 5.75 Å². The Bertz CT molecular complexity index is 477. The van der Waals surface area contributed by atoms with Gasteiger partial charge in [-0.15, -0.1) is 11.6 Å². The highest BCUT2D eigenvalue weighted by Gasteiger charge is 2.31. The normalized spacial score (nSPS) is 26.5. The van der Waals surface area contributed by atoms with Gasteiger partial charge in [-0.1, -0.05) is 18.5 Å². The fourth-order valence-electron chi connectivity index (χ4n) is 3.22. The Kier molecular flexibility index (Phi) is 3.93. The van der Waals surface area contributed by atoms with E-state index in [1.165, 1.54) is 17.5 Å². The van der Waals surface area contributed by atoms with Gasteiger partial charge in [-0.05, 0) is 36.6 Å². The number of benzene rings is 1. The Morgan fingerprint density at radius 3 is 3.05 bits per heavy atom. The van der Waals surface area contributed by atoms with Crippen LogP contribution in [0.25, 0.3) is 0 Å². The third-order valence-corrected chi connectivity index (χ3v) is 4.89. The summed E-state index contributed by atoms with van der Waals surface area (Å²) in [6, 6.07) is 4.54. The maximum absolute atomic E-state index is 6.21. The van der Waals surface area contributed by atoms with Crippen molar-refractivity contribution >= 4 is 23.2 Å². The van der Waals surface area contributed by atoms with Gasteiger partial charge in [0.2, 0.25) is 0 Å². The van der Waals surface area contributed by atoms with Gasteiger partial charge in [0, 0.05) is 35.5 Å². The summed E-state index contributed by atoms with van der Waals surface area (Å²) in [5.74, 6) is 2.42. The molecule has 0 spiro atoms. The van der Waals surface area contributed by atoms with Gasteiger partial charge in [-0.2, -0.15) is 0 Å². The largest absolute Gasteiger partial charge is 0.493 e. The summed E-state index contributed by atoms with van der Waals surface area (Å²) in [7, 11) is 0. The molecule has 0 aliphatic carbocycles. The van der Waals surface area contributed by atoms with E-state index in [1.54, 1.807) is 0 Å². The number of alkyl halides is 1. The fraction of sp³-hybridized carbons (Fsp3) is 0.600. The topological polar surface area (TPSA) is 12.5 Å². The van der Waals surface area contributed by atoms with Gasteiger partial charge in [-0.25, -0.2) is 0 Å². The SMILES string of the molecule is CC1CCN(Cc2cc(Cl)cc3c2OCC3)C1CCl. The maximum Gasteiger partial charge on any atom is 0.127 e. The monoisotopic (exact) mass is 299 g/mol. The zero-order chi connectivity index (χ0) is 13.4. The van der Waals surface area contributed by atoms with Crippen molar-refractivity contribution in [2.45, 2.75) is 32.4 Å². The molecule has 2 unspecified atom stereocenters. The van der Waals surface area contributed by atoms with E-state index in [2.05, 4.69) is 11.8 Å². The number of fused-ring (bicyclic) bond motifs is 1. The molecule has 2 heterocycles. The van der Waals surface area contributed by atoms with Crippen molar-refractivity contribution < 1.29 is 4.74 Å². The predicted octanol–water partition coefficient (Wildman–Crippen LogP) is 3.72. The van der Waals surface area contributed by atoms with Crippen LogP contribution in [-0.2, 0) is 13.0 Å². The molecule has 2 aliphatic heterocycles. The van der Waals surface area contributed by atoms with Gasteiger partial charge in [0.1, 0.15) is 5.75 Å². The average Bonchev–Trinajstić information content (AvgIpc) is 2.96. The molecule has 2 aliphatic rings. The van der Waals surface area contributed by atoms with Gasteiger partial charge in [0.15, 0.2) is 0 Å². The van der Waals surface area contributed by atoms with Crippen LogP contribution in [0.4, 0.5) is 0 Å². The van der Waals surface area contributed by atoms with E-state index >= 15 is 0 Å². The zero-order valence-corrected chi connectivity index (χ0v) is 12.7. The summed E-state index contributed by atoms with van der Waals surface area (Å²) in [6.07, 6.45) is 2.19. The van der Waals surface area contributed by atoms with Crippen molar-refractivity contribution in [3.05, 3.63) is 28.3 Å². The van der Waals surface area contributed by atoms with E-state index in [0.29, 0.717) is 17.8 Å². The summed E-state index contributed by atoms with van der Waals surface area (Å²) in [5, 5.41) is 0.814. The number of halogens is 2. The summed E-state index contributed by atoms with van der Waals surface area (Å²) < 4.78 is 5.77. The van der Waals surface area contributed by atoms with Gasteiger partial charge < -0.3 is 4.74 Å². The first-order chi connectivity index (χ1) is 9.19. The van der Waals surface area contributed by atoms with E-state index < -0.39 is 0 Å². The minimum absolute atomic E-state index is 0.470. The first-order valence-electron chi connectivity index (χ1n) is 6.93. The minimum Gasteiger partial charge on any atom is -0.493 e. The van der Waals surface area contributed by atoms with Crippen LogP contribution >= 0.6 is 23.2 Å². The van der Waals surface area contributed by atoms with Gasteiger partial charge >= 0.3 is 0 Å². The van der Waals surface area contributed by atoms with E-state index in [0.717, 1.165) is 36.9 Å². The van der Waals surface area contributed by atoms with E-state index in [4.69, 9.17) is 27.9 Å². The molecule has 2 atom stereocenters. The highest BCUT2D eigenvalue weighted by atomic mass is 35.5. The Hall–Kier alpha value is -0.440. The predicted molar refractivity (Wildman–Crippen MR) is 79.4 cm³/mol. The summed E-state index contributed by atoms with van der Waals surface area (Å²) >= 11 is 12.3. The molecule has 4 heteroatoms. The van der Waals surface area contributed by atoms with Gasteiger partial charge in [0.25, 0.3) is 0 Å². The molecule has 0 saturated carbocycles. The number of ether oxygens (including phenoxy) is 1. The van der Waals surface area contributed by atoms with Crippen LogP contribution in [0.2, 0.25) is 5.02 Å². The van der Waals surface area contributed by atoms with Crippen LogP contribution in [0.1, 0.15) is 24.5 Å². The third kappa shape index (κ3) is 2.58. The maximum atomic E-state index is 6.21. The molecule has 0 radical (unpaired) electrons. The van der Waals surface area contributed by atoms with Crippen LogP contribution in [0.15, 0.2) is 12.1 Å². The van der Waals surface area contributed by atoms with Crippen LogP contribution < -0.4 is 4.74 Å². The third-order valence-electron chi connectivity index (χ3n) is 4.35. The smallest absolute Gasteiger partial charge is 0.127 e. The van der Waals surface area contributed by atoms with Crippen molar-refractivity contribution in [3.63, 3.8) is 0 Å².